The van der Waals surface area contributed by atoms with Gasteiger partial charge in [0.1, 0.15) is 5.10 Å². The molecule has 1 N–H and O–H groups in total. The van der Waals surface area contributed by atoms with Crippen LogP contribution in [0.2, 0.25) is 0 Å². The number of nitro groups is 1. The maximum atomic E-state index is 10.3. The monoisotopic (exact) mass is 247 g/mol. The van der Waals surface area contributed by atoms with Crippen LogP contribution in [0, 0.1) is 17.0 Å². The zero-order valence-corrected chi connectivity index (χ0v) is 9.91. The molecular weight excluding hydrogens is 234 g/mol. The highest BCUT2D eigenvalue weighted by atomic mass is 16.7. The van der Waals surface area contributed by atoms with Gasteiger partial charge in [-0.1, -0.05) is 12.1 Å². The molecule has 0 unspecified atom stereocenters. The molecule has 0 aliphatic carbocycles. The normalized spacial score (nSPS) is 17.4. The topological polar surface area (TPSA) is 83.1 Å². The Balaban J connectivity index is 2.11. The number of benzene rings is 1. The Morgan fingerprint density at radius 1 is 1.56 bits per heavy atom. The van der Waals surface area contributed by atoms with Crippen molar-refractivity contribution in [3.63, 3.8) is 0 Å². The van der Waals surface area contributed by atoms with E-state index in [9.17, 15) is 10.1 Å². The number of aliphatic imine (C=N–C) groups is 1. The maximum Gasteiger partial charge on any atom is 0.276 e. The van der Waals surface area contributed by atoms with Crippen LogP contribution in [0.4, 0.5) is 5.69 Å². The quantitative estimate of drug-likeness (QED) is 0.375. The maximum absolute atomic E-state index is 10.3. The van der Waals surface area contributed by atoms with Crippen LogP contribution in [0.15, 0.2) is 34.4 Å². The third kappa shape index (κ3) is 3.03. The minimum absolute atomic E-state index is 0.219. The van der Waals surface area contributed by atoms with Gasteiger partial charge in [-0.3, -0.25) is 4.90 Å². The fraction of sp³-hybridized carbons (Fsp3) is 0.273. The molecule has 0 saturated carbocycles. The summed E-state index contributed by atoms with van der Waals surface area (Å²) in [6.45, 7) is 3.21. The van der Waals surface area contributed by atoms with E-state index < -0.39 is 5.03 Å². The Bertz CT molecular complexity index is 512. The highest BCUT2D eigenvalue weighted by Gasteiger charge is 2.19. The van der Waals surface area contributed by atoms with Crippen molar-refractivity contribution in [2.45, 2.75) is 6.92 Å². The highest BCUT2D eigenvalue weighted by Crippen LogP contribution is 2.12. The van der Waals surface area contributed by atoms with Gasteiger partial charge in [0.05, 0.1) is 12.0 Å². The van der Waals surface area contributed by atoms with Crippen LogP contribution in [0.1, 0.15) is 5.56 Å². The van der Waals surface area contributed by atoms with Crippen LogP contribution in [0.25, 0.3) is 0 Å². The van der Waals surface area contributed by atoms with Gasteiger partial charge < -0.3 is 5.32 Å². The summed E-state index contributed by atoms with van der Waals surface area (Å²) in [5.74, 6) is 0.219. The van der Waals surface area contributed by atoms with Gasteiger partial charge in [-0.15, -0.1) is 0 Å². The lowest BCUT2D eigenvalue weighted by Crippen LogP contribution is -2.29. The van der Waals surface area contributed by atoms with Gasteiger partial charge in [0.25, 0.3) is 5.96 Å². The molecule has 0 atom stereocenters. The van der Waals surface area contributed by atoms with Gasteiger partial charge in [0.15, 0.2) is 5.03 Å². The lowest BCUT2D eigenvalue weighted by atomic mass is 10.2. The number of hydrogen-bond donors (Lipinski definition) is 1. The third-order valence-electron chi connectivity index (χ3n) is 2.43. The third-order valence-corrected chi connectivity index (χ3v) is 2.43. The van der Waals surface area contributed by atoms with Gasteiger partial charge in [-0.25, -0.2) is 15.1 Å². The number of hydrazone groups is 1. The zero-order valence-electron chi connectivity index (χ0n) is 9.91. The fourth-order valence-electron chi connectivity index (χ4n) is 1.62. The summed E-state index contributed by atoms with van der Waals surface area (Å²) < 4.78 is 0. The number of nitrogens with one attached hydrogen (secondary N) is 1. The molecule has 1 heterocycles. The van der Waals surface area contributed by atoms with Gasteiger partial charge in [-0.05, 0) is 24.6 Å². The molecule has 0 spiro atoms. The Kier molecular flexibility index (Phi) is 3.52. The van der Waals surface area contributed by atoms with E-state index in [4.69, 9.17) is 0 Å². The summed E-state index contributed by atoms with van der Waals surface area (Å²) in [6, 6.07) is 7.70. The van der Waals surface area contributed by atoms with Crippen molar-refractivity contribution >= 4 is 18.0 Å². The standard InChI is InChI=1S/C11H13N5O2/c1-9-3-2-4-10(7-9)13-8-15-6-5-12-11(15)14-16(17)18/h2-4,7-8H,5-6H2,1H3,(H,12,14)/b13-8+. The molecule has 0 amide bonds. The molecule has 7 heteroatoms. The second-order valence-electron chi connectivity index (χ2n) is 3.87. The number of nitrogens with zero attached hydrogens (tertiary/aromatic N) is 4. The Morgan fingerprint density at radius 2 is 2.39 bits per heavy atom. The van der Waals surface area contributed by atoms with Gasteiger partial charge in [-0.2, -0.15) is 0 Å². The lowest BCUT2D eigenvalue weighted by Gasteiger charge is -2.07. The molecule has 0 bridgehead atoms. The van der Waals surface area contributed by atoms with Crippen LogP contribution < -0.4 is 5.32 Å². The first-order valence-electron chi connectivity index (χ1n) is 5.49. The average Bonchev–Trinajstić information content (AvgIpc) is 2.73. The van der Waals surface area contributed by atoms with Crippen molar-refractivity contribution in [1.29, 1.82) is 0 Å². The molecule has 0 aromatic heterocycles. The molecule has 1 aromatic carbocycles. The van der Waals surface area contributed by atoms with E-state index in [2.05, 4.69) is 15.4 Å². The number of aryl methyl sites for hydroxylation is 1. The van der Waals surface area contributed by atoms with Crippen molar-refractivity contribution in [3.05, 3.63) is 39.9 Å². The minimum Gasteiger partial charge on any atom is -0.349 e. The minimum atomic E-state index is -0.721. The summed E-state index contributed by atoms with van der Waals surface area (Å²) >= 11 is 0. The van der Waals surface area contributed by atoms with Crippen molar-refractivity contribution in [1.82, 2.24) is 10.2 Å². The van der Waals surface area contributed by atoms with E-state index in [0.717, 1.165) is 11.3 Å². The van der Waals surface area contributed by atoms with E-state index >= 15 is 0 Å². The summed E-state index contributed by atoms with van der Waals surface area (Å²) in [4.78, 5) is 16.2. The first-order valence-corrected chi connectivity index (χ1v) is 5.49. The van der Waals surface area contributed by atoms with Crippen molar-refractivity contribution in [2.75, 3.05) is 13.1 Å². The summed E-state index contributed by atoms with van der Waals surface area (Å²) in [6.07, 6.45) is 1.55. The Morgan fingerprint density at radius 3 is 3.11 bits per heavy atom. The van der Waals surface area contributed by atoms with Crippen molar-refractivity contribution in [2.24, 2.45) is 10.1 Å². The SMILES string of the molecule is Cc1cccc(/N=C/N2CCN/C2=N\[N+](=O)[O-])c1. The predicted molar refractivity (Wildman–Crippen MR) is 68.5 cm³/mol. The van der Waals surface area contributed by atoms with Crippen LogP contribution in [0.3, 0.4) is 0 Å². The predicted octanol–water partition coefficient (Wildman–Crippen LogP) is 1.11. The molecule has 1 aliphatic heterocycles. The summed E-state index contributed by atoms with van der Waals surface area (Å²) in [5.41, 5.74) is 1.92. The van der Waals surface area contributed by atoms with Crippen LogP contribution in [-0.4, -0.2) is 35.3 Å². The molecule has 1 aromatic rings. The van der Waals surface area contributed by atoms with Crippen LogP contribution in [-0.2, 0) is 0 Å². The molecule has 7 nitrogen and oxygen atoms in total. The van der Waals surface area contributed by atoms with Gasteiger partial charge in [0.2, 0.25) is 0 Å². The molecule has 18 heavy (non-hydrogen) atoms. The first-order chi connectivity index (χ1) is 8.65. The summed E-state index contributed by atoms with van der Waals surface area (Å²) in [5, 5.41) is 15.7. The average molecular weight is 247 g/mol. The number of hydrogen-bond acceptors (Lipinski definition) is 3. The van der Waals surface area contributed by atoms with E-state index in [1.165, 1.54) is 0 Å². The second-order valence-corrected chi connectivity index (χ2v) is 3.87. The summed E-state index contributed by atoms with van der Waals surface area (Å²) in [7, 11) is 0. The highest BCUT2D eigenvalue weighted by molar-refractivity contribution is 5.92. The van der Waals surface area contributed by atoms with Crippen LogP contribution in [0.5, 0.6) is 0 Å². The van der Waals surface area contributed by atoms with Gasteiger partial charge >= 0.3 is 0 Å². The molecule has 2 rings (SSSR count). The molecule has 1 fully saturated rings. The fourth-order valence-corrected chi connectivity index (χ4v) is 1.62. The van der Waals surface area contributed by atoms with Crippen LogP contribution >= 0.6 is 0 Å². The molecule has 0 radical (unpaired) electrons. The zero-order chi connectivity index (χ0) is 13.0. The second kappa shape index (κ2) is 5.26. The smallest absolute Gasteiger partial charge is 0.276 e. The van der Waals surface area contributed by atoms with E-state index in [0.29, 0.717) is 13.1 Å². The van der Waals surface area contributed by atoms with Gasteiger partial charge in [0, 0.05) is 13.1 Å². The molecular formula is C11H13N5O2. The molecule has 94 valence electrons. The number of guanidine groups is 1. The van der Waals surface area contributed by atoms with E-state index in [1.807, 2.05) is 31.2 Å². The van der Waals surface area contributed by atoms with E-state index in [-0.39, 0.29) is 5.96 Å². The molecule has 1 aliphatic rings. The lowest BCUT2D eigenvalue weighted by molar-refractivity contribution is -0.485. The van der Waals surface area contributed by atoms with Crippen molar-refractivity contribution < 1.29 is 5.03 Å². The molecule has 1 saturated heterocycles. The Labute approximate surface area is 104 Å². The van der Waals surface area contributed by atoms with E-state index in [1.54, 1.807) is 11.2 Å². The largest absolute Gasteiger partial charge is 0.349 e. The number of rotatable bonds is 3. The van der Waals surface area contributed by atoms with Crippen molar-refractivity contribution in [3.8, 4) is 0 Å². The Hall–Kier alpha value is -2.44. The first kappa shape index (κ1) is 12.0.